The van der Waals surface area contributed by atoms with Crippen LogP contribution in [-0.4, -0.2) is 18.3 Å². The first-order chi connectivity index (χ1) is 31.8. The maximum atomic E-state index is 2.54. The average molecular weight is 815 g/mol. The van der Waals surface area contributed by atoms with E-state index in [1.54, 1.807) is 0 Å². The molecule has 0 spiro atoms. The maximum Gasteiger partial charge on any atom is 0.0789 e. The van der Waals surface area contributed by atoms with Crippen LogP contribution in [0.5, 0.6) is 0 Å². The molecule has 4 aromatic heterocycles. The van der Waals surface area contributed by atoms with Crippen LogP contribution in [0.25, 0.3) is 121 Å². The summed E-state index contributed by atoms with van der Waals surface area (Å²) >= 11 is 0. The van der Waals surface area contributed by atoms with Crippen LogP contribution in [0.3, 0.4) is 0 Å². The van der Waals surface area contributed by atoms with Gasteiger partial charge >= 0.3 is 0 Å². The van der Waals surface area contributed by atoms with Crippen molar-refractivity contribution in [2.45, 2.75) is 0 Å². The molecule has 0 aliphatic heterocycles. The molecule has 10 aromatic carbocycles. The molecule has 0 saturated heterocycles. The number of benzene rings is 10. The SMILES string of the molecule is c1ccc(-n2c3ccccc3c3ccc4c5cccc(-c6cccc7c8ccc9c%10ccccc%10n(-c%10ccccc%10)c9c8n(-c8ccccc8)c67)c5n(-c5ccccc5)c4c32)cc1. The molecule has 0 aliphatic carbocycles. The summed E-state index contributed by atoms with van der Waals surface area (Å²) in [7, 11) is 0. The van der Waals surface area contributed by atoms with Gasteiger partial charge < -0.3 is 18.3 Å². The van der Waals surface area contributed by atoms with E-state index >= 15 is 0 Å². The fraction of sp³-hybridized carbons (Fsp3) is 0. The van der Waals surface area contributed by atoms with Crippen LogP contribution in [0, 0.1) is 0 Å². The van der Waals surface area contributed by atoms with Gasteiger partial charge in [-0.2, -0.15) is 0 Å². The number of aromatic nitrogens is 4. The van der Waals surface area contributed by atoms with Crippen LogP contribution in [0.2, 0.25) is 0 Å². The van der Waals surface area contributed by atoms with Crippen molar-refractivity contribution < 1.29 is 0 Å². The minimum absolute atomic E-state index is 1.12. The standard InChI is InChI=1S/C60H38N4/c1-5-19-39(20-6-1)61-53-33-15-13-27-43(53)49-35-37-51-47-31-17-29-45(55(47)63(59(51)57(49)61)41-23-9-3-10-24-41)46-30-18-32-48-52-38-36-50-44-28-14-16-34-54(44)62(40-21-7-2-8-22-40)58(50)60(52)64(56(46)48)42-25-11-4-12-26-42/h1-38H. The molecule has 0 N–H and O–H groups in total. The van der Waals surface area contributed by atoms with Gasteiger partial charge in [0.1, 0.15) is 0 Å². The van der Waals surface area contributed by atoms with Crippen molar-refractivity contribution in [1.29, 1.82) is 0 Å². The molecule has 0 fully saturated rings. The quantitative estimate of drug-likeness (QED) is 0.165. The first kappa shape index (κ1) is 35.0. The monoisotopic (exact) mass is 814 g/mol. The van der Waals surface area contributed by atoms with Crippen LogP contribution in [-0.2, 0) is 0 Å². The summed E-state index contributed by atoms with van der Waals surface area (Å²) in [5.41, 5.74) is 16.4. The molecule has 4 heteroatoms. The van der Waals surface area contributed by atoms with Crippen molar-refractivity contribution in [3.05, 3.63) is 231 Å². The highest BCUT2D eigenvalue weighted by Crippen LogP contribution is 2.48. The Morgan fingerprint density at radius 2 is 0.438 bits per heavy atom. The predicted molar refractivity (Wildman–Crippen MR) is 269 cm³/mol. The van der Waals surface area contributed by atoms with Gasteiger partial charge in [-0.05, 0) is 60.7 Å². The van der Waals surface area contributed by atoms with Crippen molar-refractivity contribution in [2.75, 3.05) is 0 Å². The molecule has 0 aliphatic rings. The molecule has 0 atom stereocenters. The molecule has 0 unspecified atom stereocenters. The Labute approximate surface area is 368 Å². The van der Waals surface area contributed by atoms with Crippen molar-refractivity contribution >= 4 is 87.2 Å². The van der Waals surface area contributed by atoms with E-state index in [-0.39, 0.29) is 0 Å². The second-order valence-corrected chi connectivity index (χ2v) is 16.8. The van der Waals surface area contributed by atoms with Crippen LogP contribution in [0.15, 0.2) is 231 Å². The average Bonchev–Trinajstić information content (AvgIpc) is 4.10. The molecule has 0 saturated carbocycles. The molecule has 14 aromatic rings. The molecular weight excluding hydrogens is 777 g/mol. The van der Waals surface area contributed by atoms with E-state index in [1.165, 1.54) is 98.4 Å². The Hall–Kier alpha value is -8.60. The number of nitrogens with zero attached hydrogens (tertiary/aromatic N) is 4. The molecule has 0 radical (unpaired) electrons. The van der Waals surface area contributed by atoms with Gasteiger partial charge in [-0.3, -0.25) is 0 Å². The molecule has 0 bridgehead atoms. The first-order valence-corrected chi connectivity index (χ1v) is 22.0. The minimum Gasteiger partial charge on any atom is -0.307 e. The van der Waals surface area contributed by atoms with E-state index in [9.17, 15) is 0 Å². The minimum atomic E-state index is 1.12. The molecule has 14 rings (SSSR count). The number of rotatable bonds is 5. The largest absolute Gasteiger partial charge is 0.307 e. The zero-order valence-electron chi connectivity index (χ0n) is 34.7. The van der Waals surface area contributed by atoms with Crippen LogP contribution in [0.4, 0.5) is 0 Å². The summed E-state index contributed by atoms with van der Waals surface area (Å²) in [5, 5.41) is 9.82. The van der Waals surface area contributed by atoms with E-state index in [0.29, 0.717) is 0 Å². The predicted octanol–water partition coefficient (Wildman–Crippen LogP) is 15.7. The highest BCUT2D eigenvalue weighted by Gasteiger charge is 2.26. The number of hydrogen-bond acceptors (Lipinski definition) is 0. The smallest absolute Gasteiger partial charge is 0.0789 e. The van der Waals surface area contributed by atoms with Gasteiger partial charge in [0.2, 0.25) is 0 Å². The van der Waals surface area contributed by atoms with Crippen molar-refractivity contribution in [1.82, 2.24) is 18.3 Å². The third-order valence-electron chi connectivity index (χ3n) is 13.5. The molecule has 298 valence electrons. The summed E-state index contributed by atoms with van der Waals surface area (Å²) in [6.07, 6.45) is 0. The summed E-state index contributed by atoms with van der Waals surface area (Å²) in [4.78, 5) is 0. The highest BCUT2D eigenvalue weighted by atomic mass is 15.1. The second-order valence-electron chi connectivity index (χ2n) is 16.8. The Bertz CT molecular complexity index is 3880. The van der Waals surface area contributed by atoms with E-state index in [4.69, 9.17) is 0 Å². The van der Waals surface area contributed by atoms with E-state index in [1.807, 2.05) is 0 Å². The molecule has 4 nitrogen and oxygen atoms in total. The lowest BCUT2D eigenvalue weighted by molar-refractivity contribution is 1.15. The van der Waals surface area contributed by atoms with Crippen molar-refractivity contribution in [3.8, 4) is 33.9 Å². The lowest BCUT2D eigenvalue weighted by Crippen LogP contribution is -2.00. The molecular formula is C60H38N4. The Morgan fingerprint density at radius 3 is 0.812 bits per heavy atom. The number of hydrogen-bond donors (Lipinski definition) is 0. The van der Waals surface area contributed by atoms with Gasteiger partial charge in [0.05, 0.1) is 44.1 Å². The fourth-order valence-corrected chi connectivity index (χ4v) is 11.0. The fourth-order valence-electron chi connectivity index (χ4n) is 11.0. The van der Waals surface area contributed by atoms with E-state index in [2.05, 4.69) is 249 Å². The van der Waals surface area contributed by atoms with Gasteiger partial charge in [-0.15, -0.1) is 0 Å². The van der Waals surface area contributed by atoms with Gasteiger partial charge in [0, 0.05) is 77.0 Å². The van der Waals surface area contributed by atoms with Crippen LogP contribution >= 0.6 is 0 Å². The third kappa shape index (κ3) is 4.77. The highest BCUT2D eigenvalue weighted by molar-refractivity contribution is 6.28. The number of para-hydroxylation sites is 8. The van der Waals surface area contributed by atoms with E-state index < -0.39 is 0 Å². The maximum absolute atomic E-state index is 2.54. The lowest BCUT2D eigenvalue weighted by atomic mass is 9.98. The van der Waals surface area contributed by atoms with Gasteiger partial charge in [-0.1, -0.05) is 170 Å². The zero-order chi connectivity index (χ0) is 41.9. The Morgan fingerprint density at radius 1 is 0.172 bits per heavy atom. The normalized spacial score (nSPS) is 12.1. The second kappa shape index (κ2) is 13.4. The summed E-state index contributed by atoms with van der Waals surface area (Å²) in [6.45, 7) is 0. The van der Waals surface area contributed by atoms with Crippen LogP contribution in [0.1, 0.15) is 0 Å². The molecule has 4 heterocycles. The van der Waals surface area contributed by atoms with Gasteiger partial charge in [-0.25, -0.2) is 0 Å². The first-order valence-electron chi connectivity index (χ1n) is 22.0. The molecule has 64 heavy (non-hydrogen) atoms. The van der Waals surface area contributed by atoms with Crippen molar-refractivity contribution in [3.63, 3.8) is 0 Å². The van der Waals surface area contributed by atoms with Crippen LogP contribution < -0.4 is 0 Å². The summed E-state index contributed by atoms with van der Waals surface area (Å²) in [6, 6.07) is 84.4. The Kier molecular flexibility index (Phi) is 7.36. The summed E-state index contributed by atoms with van der Waals surface area (Å²) < 4.78 is 10.0. The third-order valence-corrected chi connectivity index (χ3v) is 13.5. The van der Waals surface area contributed by atoms with Crippen molar-refractivity contribution in [2.24, 2.45) is 0 Å². The zero-order valence-corrected chi connectivity index (χ0v) is 34.7. The summed E-state index contributed by atoms with van der Waals surface area (Å²) in [5.74, 6) is 0. The number of fused-ring (bicyclic) bond motifs is 14. The lowest BCUT2D eigenvalue weighted by Gasteiger charge is -2.16. The topological polar surface area (TPSA) is 19.7 Å². The Balaban J connectivity index is 1.19. The van der Waals surface area contributed by atoms with E-state index in [0.717, 1.165) is 22.7 Å². The van der Waals surface area contributed by atoms with Gasteiger partial charge in [0.25, 0.3) is 0 Å². The molecule has 0 amide bonds. The van der Waals surface area contributed by atoms with Gasteiger partial charge in [0.15, 0.2) is 0 Å².